The fraction of sp³-hybridized carbons (Fsp3) is 0.524. The highest BCUT2D eigenvalue weighted by Crippen LogP contribution is 2.17. The Morgan fingerprint density at radius 2 is 1.46 bits per heavy atom. The first kappa shape index (κ1) is 21.6. The van der Waals surface area contributed by atoms with Gasteiger partial charge in [0.05, 0.1) is 6.04 Å². The van der Waals surface area contributed by atoms with Crippen molar-refractivity contribution in [3.8, 4) is 0 Å². The topological polar surface area (TPSA) is 86.8 Å². The Morgan fingerprint density at radius 3 is 2.00 bits per heavy atom. The van der Waals surface area contributed by atoms with E-state index in [0.717, 1.165) is 16.9 Å². The normalized spacial score (nSPS) is 15.8. The maximum Gasteiger partial charge on any atom is 0.334 e. The van der Waals surface area contributed by atoms with Crippen LogP contribution in [0.4, 0.5) is 4.79 Å². The molecule has 0 saturated carbocycles. The number of amides is 5. The van der Waals surface area contributed by atoms with Crippen molar-refractivity contribution in [2.24, 2.45) is 11.8 Å². The van der Waals surface area contributed by atoms with Gasteiger partial charge in [0.2, 0.25) is 5.91 Å². The second-order valence-electron chi connectivity index (χ2n) is 8.11. The Balaban J connectivity index is 1.96. The van der Waals surface area contributed by atoms with Gasteiger partial charge in [0.1, 0.15) is 6.54 Å². The van der Waals surface area contributed by atoms with Crippen LogP contribution in [0.15, 0.2) is 24.3 Å². The molecule has 28 heavy (non-hydrogen) atoms. The lowest BCUT2D eigenvalue weighted by atomic mass is 10.00. The summed E-state index contributed by atoms with van der Waals surface area (Å²) in [7, 11) is 0. The third-order valence-electron chi connectivity index (χ3n) is 4.49. The Bertz CT molecular complexity index is 755. The zero-order valence-electron chi connectivity index (χ0n) is 17.2. The molecule has 152 valence electrons. The van der Waals surface area contributed by atoms with Gasteiger partial charge in [0, 0.05) is 6.54 Å². The van der Waals surface area contributed by atoms with Gasteiger partial charge in [0.15, 0.2) is 0 Å². The first-order chi connectivity index (χ1) is 13.1. The van der Waals surface area contributed by atoms with Crippen molar-refractivity contribution in [2.75, 3.05) is 13.1 Å². The van der Waals surface area contributed by atoms with Crippen molar-refractivity contribution in [1.82, 2.24) is 15.1 Å². The maximum absolute atomic E-state index is 12.3. The molecule has 5 amide bonds. The highest BCUT2D eigenvalue weighted by molar-refractivity contribution is 6.45. The number of carbonyl (C=O) groups excluding carboxylic acids is 4. The van der Waals surface area contributed by atoms with Gasteiger partial charge >= 0.3 is 17.8 Å². The van der Waals surface area contributed by atoms with Gasteiger partial charge in [-0.3, -0.25) is 19.3 Å². The molecule has 1 N–H and O–H groups in total. The summed E-state index contributed by atoms with van der Waals surface area (Å²) in [6, 6.07) is 6.98. The third kappa shape index (κ3) is 5.18. The molecule has 0 spiro atoms. The van der Waals surface area contributed by atoms with Crippen molar-refractivity contribution >= 4 is 23.8 Å². The van der Waals surface area contributed by atoms with E-state index in [1.54, 1.807) is 0 Å². The van der Waals surface area contributed by atoms with E-state index in [4.69, 9.17) is 0 Å². The number of benzene rings is 1. The second-order valence-corrected chi connectivity index (χ2v) is 8.11. The standard InChI is InChI=1S/C21H29N3O4/c1-13(2)10-16-6-8-17(9-7-16)15(5)22-18(25)12-24-20(27)19(26)23(21(24)28)11-14(3)4/h6-9,13-15H,10-12H2,1-5H3,(H,22,25)/t15-/m0/s1. The van der Waals surface area contributed by atoms with Crippen LogP contribution in [-0.4, -0.2) is 46.6 Å². The highest BCUT2D eigenvalue weighted by Gasteiger charge is 2.45. The summed E-state index contributed by atoms with van der Waals surface area (Å²) < 4.78 is 0. The minimum atomic E-state index is -0.952. The van der Waals surface area contributed by atoms with Crippen molar-refractivity contribution < 1.29 is 19.2 Å². The molecule has 1 saturated heterocycles. The van der Waals surface area contributed by atoms with Crippen LogP contribution in [-0.2, 0) is 20.8 Å². The van der Waals surface area contributed by atoms with E-state index in [0.29, 0.717) is 10.8 Å². The van der Waals surface area contributed by atoms with E-state index in [-0.39, 0.29) is 18.5 Å². The molecule has 1 aliphatic heterocycles. The molecule has 1 fully saturated rings. The first-order valence-corrected chi connectivity index (χ1v) is 9.65. The summed E-state index contributed by atoms with van der Waals surface area (Å²) in [6.07, 6.45) is 0.987. The molecule has 7 heteroatoms. The van der Waals surface area contributed by atoms with Gasteiger partial charge in [-0.05, 0) is 36.3 Å². The maximum atomic E-state index is 12.3. The third-order valence-corrected chi connectivity index (χ3v) is 4.49. The van der Waals surface area contributed by atoms with Crippen LogP contribution in [0.5, 0.6) is 0 Å². The zero-order chi connectivity index (χ0) is 21.0. The monoisotopic (exact) mass is 387 g/mol. The number of rotatable bonds is 8. The number of urea groups is 1. The fourth-order valence-corrected chi connectivity index (χ4v) is 3.14. The molecular formula is C21H29N3O4. The number of carbonyl (C=O) groups is 4. The largest absolute Gasteiger partial charge is 0.348 e. The molecule has 1 heterocycles. The lowest BCUT2D eigenvalue weighted by molar-refractivity contribution is -0.144. The SMILES string of the molecule is CC(C)Cc1ccc([C@H](C)NC(=O)CN2C(=O)C(=O)N(CC(C)C)C2=O)cc1. The van der Waals surface area contributed by atoms with E-state index in [2.05, 4.69) is 19.2 Å². The Morgan fingerprint density at radius 1 is 0.893 bits per heavy atom. The average molecular weight is 387 g/mol. The van der Waals surface area contributed by atoms with Crippen LogP contribution in [0.25, 0.3) is 0 Å². The molecule has 1 atom stereocenters. The van der Waals surface area contributed by atoms with Gasteiger partial charge in [-0.15, -0.1) is 0 Å². The van der Waals surface area contributed by atoms with Gasteiger partial charge in [-0.1, -0.05) is 52.0 Å². The Labute approximate surface area is 166 Å². The first-order valence-electron chi connectivity index (χ1n) is 9.65. The minimum absolute atomic E-state index is 0.0353. The lowest BCUT2D eigenvalue weighted by Gasteiger charge is -2.19. The van der Waals surface area contributed by atoms with E-state index >= 15 is 0 Å². The molecule has 2 rings (SSSR count). The molecule has 0 aliphatic carbocycles. The molecule has 1 aromatic carbocycles. The number of imide groups is 2. The molecule has 7 nitrogen and oxygen atoms in total. The highest BCUT2D eigenvalue weighted by atomic mass is 16.2. The van der Waals surface area contributed by atoms with Gasteiger partial charge in [-0.25, -0.2) is 9.69 Å². The van der Waals surface area contributed by atoms with Gasteiger partial charge < -0.3 is 5.32 Å². The molecule has 1 aliphatic rings. The van der Waals surface area contributed by atoms with Gasteiger partial charge in [0.25, 0.3) is 0 Å². The summed E-state index contributed by atoms with van der Waals surface area (Å²) in [4.78, 5) is 50.3. The number of nitrogens with one attached hydrogen (secondary N) is 1. The lowest BCUT2D eigenvalue weighted by Crippen LogP contribution is -2.42. The summed E-state index contributed by atoms with van der Waals surface area (Å²) in [6.45, 7) is 9.52. The molecular weight excluding hydrogens is 358 g/mol. The smallest absolute Gasteiger partial charge is 0.334 e. The van der Waals surface area contributed by atoms with Crippen molar-refractivity contribution in [3.63, 3.8) is 0 Å². The van der Waals surface area contributed by atoms with Crippen LogP contribution in [0.3, 0.4) is 0 Å². The minimum Gasteiger partial charge on any atom is -0.348 e. The van der Waals surface area contributed by atoms with E-state index in [1.165, 1.54) is 5.56 Å². The van der Waals surface area contributed by atoms with Crippen LogP contribution in [0.1, 0.15) is 51.8 Å². The predicted octanol–water partition coefficient (Wildman–Crippen LogP) is 2.51. The van der Waals surface area contributed by atoms with Crippen LogP contribution in [0, 0.1) is 11.8 Å². The molecule has 0 unspecified atom stereocenters. The zero-order valence-corrected chi connectivity index (χ0v) is 17.2. The van der Waals surface area contributed by atoms with E-state index in [9.17, 15) is 19.2 Å². The van der Waals surface area contributed by atoms with Crippen LogP contribution < -0.4 is 5.32 Å². The molecule has 0 bridgehead atoms. The van der Waals surface area contributed by atoms with Crippen LogP contribution in [0.2, 0.25) is 0 Å². The molecule has 0 aromatic heterocycles. The van der Waals surface area contributed by atoms with Crippen molar-refractivity contribution in [1.29, 1.82) is 0 Å². The number of hydrogen-bond acceptors (Lipinski definition) is 4. The fourth-order valence-electron chi connectivity index (χ4n) is 3.14. The predicted molar refractivity (Wildman–Crippen MR) is 105 cm³/mol. The van der Waals surface area contributed by atoms with Crippen LogP contribution >= 0.6 is 0 Å². The molecule has 0 radical (unpaired) electrons. The summed E-state index contributed by atoms with van der Waals surface area (Å²) >= 11 is 0. The molecule has 1 aromatic rings. The summed E-state index contributed by atoms with van der Waals surface area (Å²) in [5.74, 6) is -1.71. The van der Waals surface area contributed by atoms with Crippen molar-refractivity contribution in [3.05, 3.63) is 35.4 Å². The quantitative estimate of drug-likeness (QED) is 0.548. The van der Waals surface area contributed by atoms with E-state index in [1.807, 2.05) is 45.0 Å². The summed E-state index contributed by atoms with van der Waals surface area (Å²) in [5, 5.41) is 2.78. The van der Waals surface area contributed by atoms with E-state index < -0.39 is 30.3 Å². The Kier molecular flexibility index (Phi) is 6.94. The second kappa shape index (κ2) is 8.99. The Hall–Kier alpha value is -2.70. The number of hydrogen-bond donors (Lipinski definition) is 1. The van der Waals surface area contributed by atoms with Gasteiger partial charge in [-0.2, -0.15) is 0 Å². The average Bonchev–Trinajstić information content (AvgIpc) is 2.79. The number of nitrogens with zero attached hydrogens (tertiary/aromatic N) is 2. The summed E-state index contributed by atoms with van der Waals surface area (Å²) in [5.41, 5.74) is 2.16. The van der Waals surface area contributed by atoms with Crippen molar-refractivity contribution in [2.45, 2.75) is 47.1 Å².